The molecule has 3 N–H and O–H groups in total. The van der Waals surface area contributed by atoms with Gasteiger partial charge in [0.2, 0.25) is 0 Å². The maximum atomic E-state index is 14.0. The lowest BCUT2D eigenvalue weighted by Crippen LogP contribution is -2.42. The Morgan fingerprint density at radius 2 is 1.98 bits per heavy atom. The molecule has 2 aliphatic rings. The zero-order valence-corrected chi connectivity index (χ0v) is 24.3. The van der Waals surface area contributed by atoms with Gasteiger partial charge in [-0.3, -0.25) is 9.89 Å². The van der Waals surface area contributed by atoms with Gasteiger partial charge in [-0.1, -0.05) is 23.7 Å². The third kappa shape index (κ3) is 6.58. The van der Waals surface area contributed by atoms with E-state index >= 15 is 0 Å². The number of amides is 2. The normalized spacial score (nSPS) is 20.7. The standard InChI is InChI=1S/C28H27ClF3N5O4S/c1-27(2,3)41-26(40)37-12-21(22(38)13-37)34-25-35-24(39)23(42-25)18(14-5-7-20-16(8-14)11-33-36-20)9-15-4-6-17(29)10-19(15)28(30,31)32/h4-8,10-11,21-22,38H,9,12-13H2,1-3H3,(H,33,36)(H,34,35,39). The van der Waals surface area contributed by atoms with Crippen molar-refractivity contribution in [3.63, 3.8) is 0 Å². The second-order valence-corrected chi connectivity index (χ2v) is 12.4. The number of fused-ring (bicyclic) bond motifs is 1. The van der Waals surface area contributed by atoms with E-state index in [1.807, 2.05) is 0 Å². The molecule has 42 heavy (non-hydrogen) atoms. The van der Waals surface area contributed by atoms with Crippen LogP contribution in [0.3, 0.4) is 0 Å². The number of ether oxygens (including phenoxy) is 1. The lowest BCUT2D eigenvalue weighted by atomic mass is 9.93. The minimum absolute atomic E-state index is 0.0217. The number of aliphatic imine (C=N–C) groups is 1. The van der Waals surface area contributed by atoms with Crippen LogP contribution in [-0.4, -0.2) is 68.2 Å². The van der Waals surface area contributed by atoms with E-state index in [1.165, 1.54) is 17.0 Å². The highest BCUT2D eigenvalue weighted by atomic mass is 35.5. The predicted octanol–water partition coefficient (Wildman–Crippen LogP) is 5.39. The number of aliphatic hydroxyl groups excluding tert-OH is 1. The number of nitrogens with one attached hydrogen (secondary N) is 2. The first-order valence-corrected chi connectivity index (χ1v) is 14.1. The van der Waals surface area contributed by atoms with Crippen LogP contribution in [0.5, 0.6) is 0 Å². The van der Waals surface area contributed by atoms with E-state index in [1.54, 1.807) is 45.2 Å². The Bertz CT molecular complexity index is 1610. The topological polar surface area (TPSA) is 120 Å². The maximum absolute atomic E-state index is 14.0. The van der Waals surface area contributed by atoms with Gasteiger partial charge in [-0.15, -0.1) is 0 Å². The lowest BCUT2D eigenvalue weighted by Gasteiger charge is -2.24. The van der Waals surface area contributed by atoms with Crippen molar-refractivity contribution in [3.8, 4) is 0 Å². The molecule has 2 aromatic carbocycles. The van der Waals surface area contributed by atoms with Crippen LogP contribution in [-0.2, 0) is 22.1 Å². The molecule has 2 amide bonds. The number of alkyl halides is 3. The summed E-state index contributed by atoms with van der Waals surface area (Å²) in [5, 5.41) is 21.3. The first-order valence-electron chi connectivity index (χ1n) is 12.9. The first kappa shape index (κ1) is 29.9. The van der Waals surface area contributed by atoms with E-state index < -0.39 is 41.5 Å². The summed E-state index contributed by atoms with van der Waals surface area (Å²) in [6.45, 7) is 5.33. The highest BCUT2D eigenvalue weighted by Gasteiger charge is 2.39. The van der Waals surface area contributed by atoms with Crippen molar-refractivity contribution in [1.29, 1.82) is 0 Å². The second-order valence-electron chi connectivity index (χ2n) is 11.0. The third-order valence-corrected chi connectivity index (χ3v) is 7.92. The van der Waals surface area contributed by atoms with Crippen LogP contribution in [0.4, 0.5) is 18.0 Å². The summed E-state index contributed by atoms with van der Waals surface area (Å²) < 4.78 is 47.2. The first-order chi connectivity index (χ1) is 19.7. The summed E-state index contributed by atoms with van der Waals surface area (Å²) >= 11 is 6.86. The van der Waals surface area contributed by atoms with Crippen molar-refractivity contribution >= 4 is 57.0 Å². The van der Waals surface area contributed by atoms with Crippen LogP contribution in [0, 0.1) is 0 Å². The van der Waals surface area contributed by atoms with Crippen molar-refractivity contribution < 1.29 is 32.6 Å². The van der Waals surface area contributed by atoms with Gasteiger partial charge >= 0.3 is 12.3 Å². The molecule has 0 saturated carbocycles. The molecule has 2 unspecified atom stereocenters. The number of nitrogens with zero attached hydrogens (tertiary/aromatic N) is 3. The van der Waals surface area contributed by atoms with Crippen molar-refractivity contribution in [3.05, 3.63) is 69.2 Å². The molecule has 14 heteroatoms. The van der Waals surface area contributed by atoms with E-state index in [-0.39, 0.29) is 40.2 Å². The Labute approximate surface area is 248 Å². The number of thioether (sulfide) groups is 1. The van der Waals surface area contributed by atoms with Crippen LogP contribution in [0.15, 0.2) is 52.5 Å². The molecular weight excluding hydrogens is 595 g/mol. The summed E-state index contributed by atoms with van der Waals surface area (Å²) in [6, 6.07) is 8.06. The van der Waals surface area contributed by atoms with Crippen molar-refractivity contribution in [2.75, 3.05) is 13.1 Å². The fraction of sp³-hybridized carbons (Fsp3) is 0.357. The number of β-amino-alcohol motifs (C(OH)–C–C–N with tert-alkyl or cyclic N) is 1. The summed E-state index contributed by atoms with van der Waals surface area (Å²) in [7, 11) is 0. The molecule has 5 rings (SSSR count). The predicted molar refractivity (Wildman–Crippen MR) is 154 cm³/mol. The average Bonchev–Trinajstić information content (AvgIpc) is 3.60. The zero-order valence-electron chi connectivity index (χ0n) is 22.8. The number of likely N-dealkylation sites (tertiary alicyclic amines) is 1. The van der Waals surface area contributed by atoms with Crippen LogP contribution in [0.1, 0.15) is 37.5 Å². The van der Waals surface area contributed by atoms with E-state index in [4.69, 9.17) is 16.3 Å². The molecule has 1 aromatic heterocycles. The van der Waals surface area contributed by atoms with Gasteiger partial charge in [0.15, 0.2) is 5.17 Å². The summed E-state index contributed by atoms with van der Waals surface area (Å²) in [6.07, 6.45) is -4.86. The molecule has 1 fully saturated rings. The number of benzene rings is 2. The average molecular weight is 622 g/mol. The Balaban J connectivity index is 1.45. The number of carbonyl (C=O) groups is 2. The largest absolute Gasteiger partial charge is 0.444 e. The molecule has 222 valence electrons. The number of H-pyrrole nitrogens is 1. The highest BCUT2D eigenvalue weighted by molar-refractivity contribution is 8.18. The van der Waals surface area contributed by atoms with E-state index in [0.29, 0.717) is 16.5 Å². The molecular formula is C28H27ClF3N5O4S. The zero-order chi connectivity index (χ0) is 30.4. The summed E-state index contributed by atoms with van der Waals surface area (Å²) in [5.74, 6) is -0.635. The summed E-state index contributed by atoms with van der Waals surface area (Å²) in [4.78, 5) is 31.3. The highest BCUT2D eigenvalue weighted by Crippen LogP contribution is 2.40. The number of halogens is 4. The molecule has 0 radical (unpaired) electrons. The van der Waals surface area contributed by atoms with Gasteiger partial charge in [-0.05, 0) is 79.9 Å². The van der Waals surface area contributed by atoms with Crippen LogP contribution >= 0.6 is 23.4 Å². The quantitative estimate of drug-likeness (QED) is 0.334. The number of allylic oxidation sites excluding steroid dienone is 1. The Morgan fingerprint density at radius 3 is 2.69 bits per heavy atom. The molecule has 2 aliphatic heterocycles. The maximum Gasteiger partial charge on any atom is 0.416 e. The molecule has 9 nitrogen and oxygen atoms in total. The number of amidine groups is 1. The Morgan fingerprint density at radius 1 is 1.21 bits per heavy atom. The van der Waals surface area contributed by atoms with E-state index in [2.05, 4.69) is 20.5 Å². The number of aromatic amines is 1. The monoisotopic (exact) mass is 621 g/mol. The number of aromatic nitrogens is 2. The van der Waals surface area contributed by atoms with Gasteiger partial charge in [0.05, 0.1) is 40.9 Å². The smallest absolute Gasteiger partial charge is 0.416 e. The number of carbonyl (C=O) groups excluding carboxylic acids is 2. The molecule has 3 heterocycles. The molecule has 0 aliphatic carbocycles. The van der Waals surface area contributed by atoms with Gasteiger partial charge in [0, 0.05) is 17.0 Å². The fourth-order valence-corrected chi connectivity index (χ4v) is 5.87. The SMILES string of the molecule is CC(C)(C)OC(=O)N1CC(O)C(NC2=NC(=O)C(=C(Cc3ccc(Cl)cc3C(F)(F)F)c3ccc4[nH]ncc4c3)S2)C1. The lowest BCUT2D eigenvalue weighted by molar-refractivity contribution is -0.138. The fourth-order valence-electron chi connectivity index (χ4n) is 4.72. The van der Waals surface area contributed by atoms with Crippen LogP contribution in [0.2, 0.25) is 5.02 Å². The van der Waals surface area contributed by atoms with Gasteiger partial charge < -0.3 is 20.1 Å². The second kappa shape index (κ2) is 11.3. The number of hydrogen-bond donors (Lipinski definition) is 3. The Hall–Kier alpha value is -3.55. The number of rotatable bonds is 4. The van der Waals surface area contributed by atoms with Gasteiger partial charge in [-0.25, -0.2) is 4.79 Å². The number of aliphatic hydroxyl groups is 1. The van der Waals surface area contributed by atoms with Gasteiger partial charge in [0.25, 0.3) is 5.91 Å². The van der Waals surface area contributed by atoms with Crippen molar-refractivity contribution in [2.24, 2.45) is 4.99 Å². The molecule has 2 atom stereocenters. The minimum atomic E-state index is -4.67. The molecule has 1 saturated heterocycles. The van der Waals surface area contributed by atoms with E-state index in [9.17, 15) is 27.9 Å². The Kier molecular flexibility index (Phi) is 8.03. The molecule has 0 spiro atoms. The van der Waals surface area contributed by atoms with Crippen molar-refractivity contribution in [2.45, 2.75) is 51.1 Å². The van der Waals surface area contributed by atoms with Crippen molar-refractivity contribution in [1.82, 2.24) is 20.4 Å². The molecule has 0 bridgehead atoms. The third-order valence-electron chi connectivity index (χ3n) is 6.65. The van der Waals surface area contributed by atoms with E-state index in [0.717, 1.165) is 23.3 Å². The van der Waals surface area contributed by atoms with Gasteiger partial charge in [0.1, 0.15) is 5.60 Å². The molecule has 3 aromatic rings. The summed E-state index contributed by atoms with van der Waals surface area (Å²) in [5.41, 5.74) is -0.0875. The van der Waals surface area contributed by atoms with Crippen LogP contribution < -0.4 is 5.32 Å². The van der Waals surface area contributed by atoms with Gasteiger partial charge in [-0.2, -0.15) is 23.3 Å². The minimum Gasteiger partial charge on any atom is -0.444 e. The van der Waals surface area contributed by atoms with Crippen LogP contribution in [0.25, 0.3) is 16.5 Å². The number of hydrogen-bond acceptors (Lipinski definition) is 7.